The van der Waals surface area contributed by atoms with Gasteiger partial charge in [0.25, 0.3) is 0 Å². The highest BCUT2D eigenvalue weighted by atomic mass is 35.5. The summed E-state index contributed by atoms with van der Waals surface area (Å²) in [5, 5.41) is 14.2. The largest absolute Gasteiger partial charge is 0.392 e. The molecule has 0 radical (unpaired) electrons. The molecule has 2 rings (SSSR count). The highest BCUT2D eigenvalue weighted by molar-refractivity contribution is 6.42. The third kappa shape index (κ3) is 2.60. The third-order valence-electron chi connectivity index (χ3n) is 3.75. The molecule has 0 amide bonds. The number of benzene rings is 1. The fraction of sp³-hybridized carbons (Fsp3) is 0.538. The van der Waals surface area contributed by atoms with Gasteiger partial charge in [0, 0.05) is 18.0 Å². The van der Waals surface area contributed by atoms with Crippen molar-refractivity contribution in [3.05, 3.63) is 33.8 Å². The zero-order chi connectivity index (χ0) is 12.6. The van der Waals surface area contributed by atoms with Crippen LogP contribution in [-0.4, -0.2) is 17.3 Å². The molecule has 0 aliphatic heterocycles. The van der Waals surface area contributed by atoms with Gasteiger partial charge in [0.2, 0.25) is 0 Å². The van der Waals surface area contributed by atoms with Crippen molar-refractivity contribution in [2.45, 2.75) is 39.0 Å². The molecule has 1 aromatic carbocycles. The molecule has 2 N–H and O–H groups in total. The first kappa shape index (κ1) is 13.2. The summed E-state index contributed by atoms with van der Waals surface area (Å²) in [4.78, 5) is 0. The molecule has 2 nitrogen and oxygen atoms in total. The summed E-state index contributed by atoms with van der Waals surface area (Å²) in [5.41, 5.74) is 1.06. The van der Waals surface area contributed by atoms with Crippen molar-refractivity contribution in [3.63, 3.8) is 0 Å². The van der Waals surface area contributed by atoms with Crippen LogP contribution in [0.1, 0.15) is 25.8 Å². The minimum atomic E-state index is -0.200. The standard InChI is InChI=1S/C13H17Cl2NO/c1-13(2)11(6-12(13)17)16-7-8-3-4-9(14)10(15)5-8/h3-5,11-12,16-17H,6-7H2,1-2H3. The SMILES string of the molecule is CC1(C)C(O)CC1NCc1ccc(Cl)c(Cl)c1. The molecule has 0 aromatic heterocycles. The first-order valence-corrected chi connectivity index (χ1v) is 6.52. The van der Waals surface area contributed by atoms with Crippen LogP contribution in [0.15, 0.2) is 18.2 Å². The Balaban J connectivity index is 1.93. The summed E-state index contributed by atoms with van der Waals surface area (Å²) in [7, 11) is 0. The van der Waals surface area contributed by atoms with E-state index in [9.17, 15) is 5.11 Å². The van der Waals surface area contributed by atoms with Crippen LogP contribution >= 0.6 is 23.2 Å². The second-order valence-corrected chi connectivity index (χ2v) is 6.07. The quantitative estimate of drug-likeness (QED) is 0.886. The van der Waals surface area contributed by atoms with Gasteiger partial charge in [-0.25, -0.2) is 0 Å². The van der Waals surface area contributed by atoms with Crippen LogP contribution < -0.4 is 5.32 Å². The van der Waals surface area contributed by atoms with E-state index in [1.807, 2.05) is 18.2 Å². The summed E-state index contributed by atoms with van der Waals surface area (Å²) in [6, 6.07) is 6.00. The predicted molar refractivity (Wildman–Crippen MR) is 71.5 cm³/mol. The van der Waals surface area contributed by atoms with Gasteiger partial charge >= 0.3 is 0 Å². The van der Waals surface area contributed by atoms with Gasteiger partial charge in [0.05, 0.1) is 16.1 Å². The highest BCUT2D eigenvalue weighted by Crippen LogP contribution is 2.40. The number of rotatable bonds is 3. The fourth-order valence-electron chi connectivity index (χ4n) is 2.14. The number of aliphatic hydroxyl groups is 1. The monoisotopic (exact) mass is 273 g/mol. The first-order valence-electron chi connectivity index (χ1n) is 5.76. The Morgan fingerprint density at radius 2 is 2.06 bits per heavy atom. The number of hydrogen-bond donors (Lipinski definition) is 2. The normalized spacial score (nSPS) is 26.6. The molecule has 0 heterocycles. The minimum Gasteiger partial charge on any atom is -0.392 e. The zero-order valence-corrected chi connectivity index (χ0v) is 11.5. The van der Waals surface area contributed by atoms with Crippen molar-refractivity contribution in [2.24, 2.45) is 5.41 Å². The molecular formula is C13H17Cl2NO. The lowest BCUT2D eigenvalue weighted by atomic mass is 9.64. The molecule has 1 fully saturated rings. The summed E-state index contributed by atoms with van der Waals surface area (Å²) >= 11 is 11.8. The lowest BCUT2D eigenvalue weighted by Crippen LogP contribution is -2.59. The fourth-order valence-corrected chi connectivity index (χ4v) is 2.46. The number of aliphatic hydroxyl groups excluding tert-OH is 1. The van der Waals surface area contributed by atoms with Crippen molar-refractivity contribution in [3.8, 4) is 0 Å². The van der Waals surface area contributed by atoms with Crippen LogP contribution in [0.5, 0.6) is 0 Å². The predicted octanol–water partition coefficient (Wildman–Crippen LogP) is 3.24. The van der Waals surface area contributed by atoms with E-state index in [2.05, 4.69) is 19.2 Å². The highest BCUT2D eigenvalue weighted by Gasteiger charge is 2.46. The van der Waals surface area contributed by atoms with Crippen molar-refractivity contribution in [2.75, 3.05) is 0 Å². The average molecular weight is 274 g/mol. The molecule has 1 aliphatic rings. The molecular weight excluding hydrogens is 257 g/mol. The smallest absolute Gasteiger partial charge is 0.0621 e. The van der Waals surface area contributed by atoms with E-state index in [0.29, 0.717) is 16.1 Å². The van der Waals surface area contributed by atoms with E-state index < -0.39 is 0 Å². The van der Waals surface area contributed by atoms with E-state index in [-0.39, 0.29) is 11.5 Å². The van der Waals surface area contributed by atoms with E-state index in [0.717, 1.165) is 18.5 Å². The van der Waals surface area contributed by atoms with Gasteiger partial charge in [-0.1, -0.05) is 43.1 Å². The molecule has 0 bridgehead atoms. The van der Waals surface area contributed by atoms with Gasteiger partial charge < -0.3 is 10.4 Å². The van der Waals surface area contributed by atoms with Crippen molar-refractivity contribution >= 4 is 23.2 Å². The molecule has 2 unspecified atom stereocenters. The molecule has 4 heteroatoms. The first-order chi connectivity index (χ1) is 7.91. The maximum Gasteiger partial charge on any atom is 0.0621 e. The molecule has 0 spiro atoms. The Hall–Kier alpha value is -0.280. The van der Waals surface area contributed by atoms with Crippen molar-refractivity contribution < 1.29 is 5.11 Å². The van der Waals surface area contributed by atoms with Gasteiger partial charge in [-0.3, -0.25) is 0 Å². The van der Waals surface area contributed by atoms with Crippen LogP contribution in [-0.2, 0) is 6.54 Å². The zero-order valence-electron chi connectivity index (χ0n) is 10.0. The Labute approximate surface area is 112 Å². The number of hydrogen-bond acceptors (Lipinski definition) is 2. The molecule has 17 heavy (non-hydrogen) atoms. The lowest BCUT2D eigenvalue weighted by Gasteiger charge is -2.49. The van der Waals surface area contributed by atoms with Gasteiger partial charge in [0.15, 0.2) is 0 Å². The van der Waals surface area contributed by atoms with E-state index in [4.69, 9.17) is 23.2 Å². The lowest BCUT2D eigenvalue weighted by molar-refractivity contribution is -0.0729. The van der Waals surface area contributed by atoms with Crippen LogP contribution in [0.2, 0.25) is 10.0 Å². The average Bonchev–Trinajstić information content (AvgIpc) is 2.28. The Kier molecular flexibility index (Phi) is 3.69. The topological polar surface area (TPSA) is 32.3 Å². The molecule has 1 aliphatic carbocycles. The summed E-state index contributed by atoms with van der Waals surface area (Å²) in [5.74, 6) is 0. The summed E-state index contributed by atoms with van der Waals surface area (Å²) in [6.07, 6.45) is 0.614. The maximum atomic E-state index is 9.65. The van der Waals surface area contributed by atoms with Crippen LogP contribution in [0.3, 0.4) is 0 Å². The van der Waals surface area contributed by atoms with Gasteiger partial charge in [-0.15, -0.1) is 0 Å². The second kappa shape index (κ2) is 4.77. The van der Waals surface area contributed by atoms with Gasteiger partial charge in [-0.2, -0.15) is 0 Å². The Morgan fingerprint density at radius 1 is 1.35 bits per heavy atom. The van der Waals surface area contributed by atoms with Crippen LogP contribution in [0.25, 0.3) is 0 Å². The maximum absolute atomic E-state index is 9.65. The molecule has 0 saturated heterocycles. The van der Waals surface area contributed by atoms with E-state index >= 15 is 0 Å². The van der Waals surface area contributed by atoms with Crippen molar-refractivity contribution in [1.82, 2.24) is 5.32 Å². The molecule has 1 aromatic rings. The molecule has 94 valence electrons. The third-order valence-corrected chi connectivity index (χ3v) is 4.49. The second-order valence-electron chi connectivity index (χ2n) is 5.25. The number of halogens is 2. The van der Waals surface area contributed by atoms with Crippen LogP contribution in [0, 0.1) is 5.41 Å². The van der Waals surface area contributed by atoms with E-state index in [1.165, 1.54) is 0 Å². The van der Waals surface area contributed by atoms with Crippen molar-refractivity contribution in [1.29, 1.82) is 0 Å². The summed E-state index contributed by atoms with van der Waals surface area (Å²) in [6.45, 7) is 4.90. The molecule has 1 saturated carbocycles. The van der Waals surface area contributed by atoms with E-state index in [1.54, 1.807) is 0 Å². The number of nitrogens with one attached hydrogen (secondary N) is 1. The Morgan fingerprint density at radius 3 is 2.59 bits per heavy atom. The van der Waals surface area contributed by atoms with Gasteiger partial charge in [-0.05, 0) is 24.1 Å². The Bertz CT molecular complexity index is 420. The van der Waals surface area contributed by atoms with Crippen LogP contribution in [0.4, 0.5) is 0 Å². The minimum absolute atomic E-state index is 0.0454. The van der Waals surface area contributed by atoms with Gasteiger partial charge in [0.1, 0.15) is 0 Å². The molecule has 2 atom stereocenters. The summed E-state index contributed by atoms with van der Waals surface area (Å²) < 4.78 is 0.